The van der Waals surface area contributed by atoms with Gasteiger partial charge in [0, 0.05) is 26.9 Å². The number of pyridine rings is 1. The Bertz CT molecular complexity index is 455. The zero-order valence-electron chi connectivity index (χ0n) is 7.24. The Labute approximate surface area is 99.4 Å². The summed E-state index contributed by atoms with van der Waals surface area (Å²) in [7, 11) is 0. The van der Waals surface area contributed by atoms with Crippen LogP contribution in [-0.2, 0) is 0 Å². The van der Waals surface area contributed by atoms with E-state index in [0.29, 0.717) is 0 Å². The van der Waals surface area contributed by atoms with Crippen LogP contribution in [0.4, 0.5) is 0 Å². The van der Waals surface area contributed by atoms with Crippen molar-refractivity contribution < 1.29 is 0 Å². The molecule has 0 unspecified atom stereocenters. The molecule has 0 bridgehead atoms. The number of aromatic nitrogens is 1. The minimum absolute atomic E-state index is 0.991. The van der Waals surface area contributed by atoms with Crippen molar-refractivity contribution in [2.45, 2.75) is 0 Å². The van der Waals surface area contributed by atoms with Gasteiger partial charge in [-0.25, -0.2) is 0 Å². The van der Waals surface area contributed by atoms with Crippen molar-refractivity contribution in [1.29, 1.82) is 0 Å². The van der Waals surface area contributed by atoms with Crippen LogP contribution in [0, 0.1) is 0 Å². The second kappa shape index (κ2) is 4.24. The molecule has 0 aliphatic rings. The molecule has 3 heteroatoms. The third-order valence-corrected chi connectivity index (χ3v) is 3.01. The third-order valence-electron chi connectivity index (χ3n) is 1.89. The molecule has 0 fully saturated rings. The van der Waals surface area contributed by atoms with Crippen LogP contribution in [0.25, 0.3) is 11.1 Å². The van der Waals surface area contributed by atoms with Crippen LogP contribution in [0.2, 0.25) is 0 Å². The standard InChI is InChI=1S/C11H7Br2N/c12-9-5-8(6-14-7-9)10-3-1-2-4-11(10)13/h1-7H. The van der Waals surface area contributed by atoms with E-state index >= 15 is 0 Å². The van der Waals surface area contributed by atoms with Crippen LogP contribution in [-0.4, -0.2) is 4.98 Å². The Morgan fingerprint density at radius 3 is 2.50 bits per heavy atom. The van der Waals surface area contributed by atoms with Crippen LogP contribution < -0.4 is 0 Å². The van der Waals surface area contributed by atoms with Gasteiger partial charge < -0.3 is 0 Å². The smallest absolute Gasteiger partial charge is 0.0410 e. The monoisotopic (exact) mass is 311 g/mol. The predicted molar refractivity (Wildman–Crippen MR) is 65.1 cm³/mol. The fourth-order valence-electron chi connectivity index (χ4n) is 1.25. The number of nitrogens with zero attached hydrogens (tertiary/aromatic N) is 1. The fraction of sp³-hybridized carbons (Fsp3) is 0. The lowest BCUT2D eigenvalue weighted by atomic mass is 10.1. The predicted octanol–water partition coefficient (Wildman–Crippen LogP) is 4.27. The molecule has 0 N–H and O–H groups in total. The van der Waals surface area contributed by atoms with Gasteiger partial charge in [-0.1, -0.05) is 34.1 Å². The summed E-state index contributed by atoms with van der Waals surface area (Å²) in [4.78, 5) is 4.13. The second-order valence-corrected chi connectivity index (χ2v) is 4.64. The molecule has 1 nitrogen and oxygen atoms in total. The highest BCUT2D eigenvalue weighted by Crippen LogP contribution is 2.28. The van der Waals surface area contributed by atoms with Crippen molar-refractivity contribution in [3.05, 3.63) is 51.7 Å². The molecule has 0 aliphatic heterocycles. The number of rotatable bonds is 1. The normalized spacial score (nSPS) is 10.1. The quantitative estimate of drug-likeness (QED) is 0.766. The molecular formula is C11H7Br2N. The SMILES string of the molecule is Brc1cncc(-c2ccccc2Br)c1. The molecule has 70 valence electrons. The Hall–Kier alpha value is -0.670. The van der Waals surface area contributed by atoms with E-state index in [0.717, 1.165) is 20.1 Å². The number of benzene rings is 1. The molecule has 0 aliphatic carbocycles. The van der Waals surface area contributed by atoms with E-state index in [1.807, 2.05) is 30.5 Å². The molecule has 14 heavy (non-hydrogen) atoms. The lowest BCUT2D eigenvalue weighted by Crippen LogP contribution is -1.81. The van der Waals surface area contributed by atoms with E-state index < -0.39 is 0 Å². The van der Waals surface area contributed by atoms with E-state index in [-0.39, 0.29) is 0 Å². The third kappa shape index (κ3) is 2.04. The number of halogens is 2. The maximum atomic E-state index is 4.13. The minimum Gasteiger partial charge on any atom is -0.263 e. The van der Waals surface area contributed by atoms with Gasteiger partial charge in [0.05, 0.1) is 0 Å². The molecule has 0 saturated heterocycles. The maximum Gasteiger partial charge on any atom is 0.0410 e. The molecule has 0 atom stereocenters. The zero-order valence-corrected chi connectivity index (χ0v) is 10.4. The fourth-order valence-corrected chi connectivity index (χ4v) is 2.13. The van der Waals surface area contributed by atoms with Crippen LogP contribution in [0.3, 0.4) is 0 Å². The van der Waals surface area contributed by atoms with Gasteiger partial charge in [-0.15, -0.1) is 0 Å². The summed E-state index contributed by atoms with van der Waals surface area (Å²) >= 11 is 6.92. The summed E-state index contributed by atoms with van der Waals surface area (Å²) in [5.41, 5.74) is 2.26. The first-order chi connectivity index (χ1) is 6.77. The average molecular weight is 313 g/mol. The molecule has 0 spiro atoms. The van der Waals surface area contributed by atoms with Crippen molar-refractivity contribution in [2.75, 3.05) is 0 Å². The van der Waals surface area contributed by atoms with Gasteiger partial charge in [0.1, 0.15) is 0 Å². The van der Waals surface area contributed by atoms with E-state index in [2.05, 4.69) is 42.9 Å². The van der Waals surface area contributed by atoms with Gasteiger partial charge >= 0.3 is 0 Å². The largest absolute Gasteiger partial charge is 0.263 e. The molecule has 2 rings (SSSR count). The zero-order chi connectivity index (χ0) is 9.97. The summed E-state index contributed by atoms with van der Waals surface area (Å²) in [6.45, 7) is 0. The van der Waals surface area contributed by atoms with E-state index in [1.54, 1.807) is 6.20 Å². The van der Waals surface area contributed by atoms with E-state index in [1.165, 1.54) is 0 Å². The molecule has 1 heterocycles. The van der Waals surface area contributed by atoms with Gasteiger partial charge in [0.15, 0.2) is 0 Å². The Balaban J connectivity index is 2.55. The maximum absolute atomic E-state index is 4.13. The lowest BCUT2D eigenvalue weighted by molar-refractivity contribution is 1.31. The van der Waals surface area contributed by atoms with Gasteiger partial charge in [-0.3, -0.25) is 4.98 Å². The van der Waals surface area contributed by atoms with Crippen molar-refractivity contribution >= 4 is 31.9 Å². The van der Waals surface area contributed by atoms with Crippen molar-refractivity contribution in [1.82, 2.24) is 4.98 Å². The summed E-state index contributed by atoms with van der Waals surface area (Å²) in [6.07, 6.45) is 3.63. The van der Waals surface area contributed by atoms with Gasteiger partial charge in [-0.05, 0) is 33.6 Å². The highest BCUT2D eigenvalue weighted by Gasteiger charge is 2.02. The Kier molecular flexibility index (Phi) is 2.99. The summed E-state index contributed by atoms with van der Waals surface area (Å²) in [5.74, 6) is 0. The Morgan fingerprint density at radius 2 is 1.79 bits per heavy atom. The first kappa shape index (κ1) is 9.87. The van der Waals surface area contributed by atoms with E-state index in [9.17, 15) is 0 Å². The van der Waals surface area contributed by atoms with Crippen LogP contribution in [0.15, 0.2) is 51.7 Å². The molecule has 0 radical (unpaired) electrons. The number of hydrogen-bond donors (Lipinski definition) is 0. The molecule has 1 aromatic heterocycles. The number of hydrogen-bond acceptors (Lipinski definition) is 1. The summed E-state index contributed by atoms with van der Waals surface area (Å²) < 4.78 is 2.07. The Morgan fingerprint density at radius 1 is 1.00 bits per heavy atom. The highest BCUT2D eigenvalue weighted by atomic mass is 79.9. The van der Waals surface area contributed by atoms with Gasteiger partial charge in [0.2, 0.25) is 0 Å². The van der Waals surface area contributed by atoms with Crippen molar-refractivity contribution in [3.63, 3.8) is 0 Å². The van der Waals surface area contributed by atoms with Crippen molar-refractivity contribution in [3.8, 4) is 11.1 Å². The lowest BCUT2D eigenvalue weighted by Gasteiger charge is -2.03. The topological polar surface area (TPSA) is 12.9 Å². The second-order valence-electron chi connectivity index (χ2n) is 2.87. The first-order valence-electron chi connectivity index (χ1n) is 4.13. The molecule has 2 aromatic rings. The molecule has 1 aromatic carbocycles. The molecular weight excluding hydrogens is 306 g/mol. The summed E-state index contributed by atoms with van der Waals surface area (Å²) in [6, 6.07) is 10.1. The first-order valence-corrected chi connectivity index (χ1v) is 5.71. The highest BCUT2D eigenvalue weighted by molar-refractivity contribution is 9.10. The van der Waals surface area contributed by atoms with E-state index in [4.69, 9.17) is 0 Å². The van der Waals surface area contributed by atoms with Gasteiger partial charge in [-0.2, -0.15) is 0 Å². The molecule has 0 amide bonds. The average Bonchev–Trinajstić information content (AvgIpc) is 2.18. The van der Waals surface area contributed by atoms with Gasteiger partial charge in [0.25, 0.3) is 0 Å². The van der Waals surface area contributed by atoms with Crippen LogP contribution in [0.1, 0.15) is 0 Å². The van der Waals surface area contributed by atoms with Crippen LogP contribution in [0.5, 0.6) is 0 Å². The summed E-state index contributed by atoms with van der Waals surface area (Å²) in [5, 5.41) is 0. The molecule has 0 saturated carbocycles. The minimum atomic E-state index is 0.991. The van der Waals surface area contributed by atoms with Crippen LogP contribution >= 0.6 is 31.9 Å². The van der Waals surface area contributed by atoms with Crippen molar-refractivity contribution in [2.24, 2.45) is 0 Å².